The van der Waals surface area contributed by atoms with Crippen molar-refractivity contribution in [1.82, 2.24) is 0 Å². The van der Waals surface area contributed by atoms with Crippen LogP contribution >= 0.6 is 15.9 Å². The molecule has 0 saturated carbocycles. The predicted molar refractivity (Wildman–Crippen MR) is 99.2 cm³/mol. The zero-order valence-corrected chi connectivity index (χ0v) is 16.3. The summed E-state index contributed by atoms with van der Waals surface area (Å²) in [6, 6.07) is 12.4. The number of rotatable bonds is 5. The van der Waals surface area contributed by atoms with E-state index in [0.717, 1.165) is 0 Å². The lowest BCUT2D eigenvalue weighted by Crippen LogP contribution is -2.05. The molecule has 0 radical (unpaired) electrons. The quantitative estimate of drug-likeness (QED) is 0.403. The molecule has 0 amide bonds. The summed E-state index contributed by atoms with van der Waals surface area (Å²) in [5, 5.41) is 9.34. The normalized spacial score (nSPS) is 11.5. The van der Waals surface area contributed by atoms with Crippen molar-refractivity contribution in [3.8, 4) is 17.6 Å². The molecule has 26 heavy (non-hydrogen) atoms. The highest BCUT2D eigenvalue weighted by Crippen LogP contribution is 2.37. The number of carbonyl (C=O) groups excluding carboxylic acids is 1. The van der Waals surface area contributed by atoms with E-state index in [9.17, 15) is 18.5 Å². The van der Waals surface area contributed by atoms with Crippen LogP contribution in [-0.2, 0) is 14.6 Å². The van der Waals surface area contributed by atoms with Gasteiger partial charge in [-0.3, -0.25) is 4.79 Å². The Labute approximate surface area is 159 Å². The minimum absolute atomic E-state index is 0.0235. The number of hydrogen-bond donors (Lipinski definition) is 0. The fourth-order valence-corrected chi connectivity index (χ4v) is 3.84. The van der Waals surface area contributed by atoms with Crippen LogP contribution in [0.5, 0.6) is 11.5 Å². The largest absolute Gasteiger partial charge is 0.493 e. The van der Waals surface area contributed by atoms with Gasteiger partial charge in [-0.25, -0.2) is 8.42 Å². The van der Waals surface area contributed by atoms with Crippen molar-refractivity contribution in [3.63, 3.8) is 0 Å². The van der Waals surface area contributed by atoms with Gasteiger partial charge in [0.05, 0.1) is 16.5 Å². The molecule has 2 aromatic rings. The molecule has 0 unspecified atom stereocenters. The molecule has 0 saturated heterocycles. The molecule has 0 spiro atoms. The van der Waals surface area contributed by atoms with Crippen molar-refractivity contribution in [2.75, 3.05) is 7.11 Å². The number of halogens is 1. The Kier molecular flexibility index (Phi) is 6.18. The molecule has 0 heterocycles. The van der Waals surface area contributed by atoms with Gasteiger partial charge in [0, 0.05) is 6.92 Å². The fraction of sp³-hybridized carbons (Fsp3) is 0.111. The molecule has 0 N–H and O–H groups in total. The van der Waals surface area contributed by atoms with E-state index in [2.05, 4.69) is 15.9 Å². The molecule has 0 aliphatic carbocycles. The smallest absolute Gasteiger partial charge is 0.308 e. The standard InChI is InChI=1S/C18H14BrNO5S/c1-12(21)25-18-16(19)9-13(10-17(18)24-2)8-15(11-20)26(22,23)14-6-4-3-5-7-14/h3-10H,1-2H3/b15-8+. The number of sulfone groups is 1. The monoisotopic (exact) mass is 435 g/mol. The highest BCUT2D eigenvalue weighted by molar-refractivity contribution is 9.10. The van der Waals surface area contributed by atoms with Gasteiger partial charge in [0.15, 0.2) is 11.5 Å². The Bertz CT molecular complexity index is 1010. The third-order valence-electron chi connectivity index (χ3n) is 3.25. The van der Waals surface area contributed by atoms with Gasteiger partial charge in [-0.15, -0.1) is 0 Å². The maximum absolute atomic E-state index is 12.6. The molecule has 0 aliphatic rings. The number of allylic oxidation sites excluding steroid dienone is 1. The predicted octanol–water partition coefficient (Wildman–Crippen LogP) is 3.72. The summed E-state index contributed by atoms with van der Waals surface area (Å²) >= 11 is 3.26. The molecule has 6 nitrogen and oxygen atoms in total. The molecular weight excluding hydrogens is 422 g/mol. The highest BCUT2D eigenvalue weighted by Gasteiger charge is 2.21. The number of hydrogen-bond acceptors (Lipinski definition) is 6. The second-order valence-corrected chi connectivity index (χ2v) is 7.84. The number of ether oxygens (including phenoxy) is 2. The number of esters is 1. The number of methoxy groups -OCH3 is 1. The number of carbonyl (C=O) groups is 1. The third-order valence-corrected chi connectivity index (χ3v) is 5.52. The molecule has 2 aromatic carbocycles. The van der Waals surface area contributed by atoms with Crippen LogP contribution in [-0.4, -0.2) is 21.5 Å². The van der Waals surface area contributed by atoms with Crippen LogP contribution < -0.4 is 9.47 Å². The molecule has 0 bridgehead atoms. The summed E-state index contributed by atoms with van der Waals surface area (Å²) in [4.78, 5) is 10.8. The molecule has 8 heteroatoms. The van der Waals surface area contributed by atoms with Crippen LogP contribution in [0.4, 0.5) is 0 Å². The van der Waals surface area contributed by atoms with Crippen LogP contribution in [0.2, 0.25) is 0 Å². The van der Waals surface area contributed by atoms with Crippen molar-refractivity contribution in [1.29, 1.82) is 5.26 Å². The summed E-state index contributed by atoms with van der Waals surface area (Å²) in [7, 11) is -2.57. The molecule has 0 fully saturated rings. The van der Waals surface area contributed by atoms with E-state index in [4.69, 9.17) is 9.47 Å². The van der Waals surface area contributed by atoms with Crippen LogP contribution in [0.15, 0.2) is 56.7 Å². The minimum atomic E-state index is -3.95. The van der Waals surface area contributed by atoms with Crippen LogP contribution in [0.25, 0.3) is 6.08 Å². The first-order valence-corrected chi connectivity index (χ1v) is 9.55. The van der Waals surface area contributed by atoms with Gasteiger partial charge in [0.25, 0.3) is 0 Å². The first-order chi connectivity index (χ1) is 12.3. The van der Waals surface area contributed by atoms with Crippen molar-refractivity contribution >= 4 is 37.8 Å². The van der Waals surface area contributed by atoms with Gasteiger partial charge in [-0.2, -0.15) is 5.26 Å². The molecule has 134 valence electrons. The van der Waals surface area contributed by atoms with Crippen LogP contribution in [0, 0.1) is 11.3 Å². The number of benzene rings is 2. The summed E-state index contributed by atoms with van der Waals surface area (Å²) in [6.07, 6.45) is 1.23. The van der Waals surface area contributed by atoms with E-state index in [1.165, 1.54) is 44.4 Å². The van der Waals surface area contributed by atoms with Gasteiger partial charge in [0.2, 0.25) is 9.84 Å². The zero-order chi connectivity index (χ0) is 19.3. The Balaban J connectivity index is 2.55. The minimum Gasteiger partial charge on any atom is -0.493 e. The van der Waals surface area contributed by atoms with E-state index in [1.807, 2.05) is 0 Å². The van der Waals surface area contributed by atoms with Gasteiger partial charge in [0.1, 0.15) is 11.0 Å². The third kappa shape index (κ3) is 4.31. The van der Waals surface area contributed by atoms with Crippen LogP contribution in [0.3, 0.4) is 0 Å². The van der Waals surface area contributed by atoms with Crippen molar-refractivity contribution in [2.45, 2.75) is 11.8 Å². The van der Waals surface area contributed by atoms with Gasteiger partial charge in [-0.05, 0) is 51.8 Å². The average molecular weight is 436 g/mol. The van der Waals surface area contributed by atoms with Gasteiger partial charge < -0.3 is 9.47 Å². The topological polar surface area (TPSA) is 93.5 Å². The molecule has 0 aliphatic heterocycles. The lowest BCUT2D eigenvalue weighted by atomic mass is 10.2. The van der Waals surface area contributed by atoms with E-state index in [0.29, 0.717) is 10.0 Å². The first-order valence-electron chi connectivity index (χ1n) is 7.27. The van der Waals surface area contributed by atoms with E-state index >= 15 is 0 Å². The van der Waals surface area contributed by atoms with Gasteiger partial charge >= 0.3 is 5.97 Å². The Hall–Kier alpha value is -2.63. The molecular formula is C18H14BrNO5S. The second-order valence-electron chi connectivity index (χ2n) is 5.06. The fourth-order valence-electron chi connectivity index (χ4n) is 2.11. The number of nitriles is 1. The molecule has 0 aromatic heterocycles. The maximum Gasteiger partial charge on any atom is 0.308 e. The van der Waals surface area contributed by atoms with E-state index < -0.39 is 20.7 Å². The Morgan fingerprint density at radius 3 is 2.42 bits per heavy atom. The Morgan fingerprint density at radius 1 is 1.23 bits per heavy atom. The summed E-state index contributed by atoms with van der Waals surface area (Å²) in [5.41, 5.74) is 0.390. The average Bonchev–Trinajstić information content (AvgIpc) is 2.61. The van der Waals surface area contributed by atoms with E-state index in [-0.39, 0.29) is 16.4 Å². The summed E-state index contributed by atoms with van der Waals surface area (Å²) in [6.45, 7) is 1.25. The first kappa shape index (κ1) is 19.7. The van der Waals surface area contributed by atoms with E-state index in [1.54, 1.807) is 24.3 Å². The maximum atomic E-state index is 12.6. The summed E-state index contributed by atoms with van der Waals surface area (Å²) in [5.74, 6) is -0.145. The second kappa shape index (κ2) is 8.17. The van der Waals surface area contributed by atoms with Crippen LogP contribution in [0.1, 0.15) is 12.5 Å². The lowest BCUT2D eigenvalue weighted by Gasteiger charge is -2.11. The zero-order valence-electron chi connectivity index (χ0n) is 13.9. The van der Waals surface area contributed by atoms with Crippen molar-refractivity contribution in [2.24, 2.45) is 0 Å². The molecule has 0 atom stereocenters. The van der Waals surface area contributed by atoms with Crippen molar-refractivity contribution < 1.29 is 22.7 Å². The lowest BCUT2D eigenvalue weighted by molar-refractivity contribution is -0.132. The number of nitrogens with zero attached hydrogens (tertiary/aromatic N) is 1. The highest BCUT2D eigenvalue weighted by atomic mass is 79.9. The molecule has 2 rings (SSSR count). The Morgan fingerprint density at radius 2 is 1.88 bits per heavy atom. The van der Waals surface area contributed by atoms with Gasteiger partial charge in [-0.1, -0.05) is 18.2 Å². The van der Waals surface area contributed by atoms with Crippen molar-refractivity contribution in [3.05, 3.63) is 57.4 Å². The summed E-state index contributed by atoms with van der Waals surface area (Å²) < 4.78 is 35.9. The SMILES string of the molecule is COc1cc(/C=C(\C#N)S(=O)(=O)c2ccccc2)cc(Br)c1OC(C)=O.